The first kappa shape index (κ1) is 12.9. The summed E-state index contributed by atoms with van der Waals surface area (Å²) in [6.07, 6.45) is 4.17. The third-order valence-electron chi connectivity index (χ3n) is 3.23. The highest BCUT2D eigenvalue weighted by Crippen LogP contribution is 2.40. The van der Waals surface area contributed by atoms with Gasteiger partial charge in [0.25, 0.3) is 0 Å². The van der Waals surface area contributed by atoms with E-state index >= 15 is 0 Å². The predicted molar refractivity (Wildman–Crippen MR) is 77.2 cm³/mol. The lowest BCUT2D eigenvalue weighted by atomic mass is 10.2. The Hall–Kier alpha value is -1.14. The summed E-state index contributed by atoms with van der Waals surface area (Å²) >= 11 is 3.07. The third-order valence-corrected chi connectivity index (χ3v) is 5.37. The van der Waals surface area contributed by atoms with Crippen molar-refractivity contribution >= 4 is 39.3 Å². The predicted octanol–water partition coefficient (Wildman–Crippen LogP) is 2.92. The van der Waals surface area contributed by atoms with E-state index in [1.54, 1.807) is 11.3 Å². The Morgan fingerprint density at radius 3 is 3.00 bits per heavy atom. The summed E-state index contributed by atoms with van der Waals surface area (Å²) < 4.78 is 0. The van der Waals surface area contributed by atoms with Gasteiger partial charge >= 0.3 is 5.97 Å². The van der Waals surface area contributed by atoms with E-state index in [0.717, 1.165) is 40.3 Å². The van der Waals surface area contributed by atoms with Crippen molar-refractivity contribution in [3.8, 4) is 0 Å². The molecule has 1 aliphatic carbocycles. The average Bonchev–Trinajstić information content (AvgIpc) is 2.95. The van der Waals surface area contributed by atoms with Gasteiger partial charge in [-0.25, -0.2) is 9.97 Å². The number of thioether (sulfide) groups is 1. The number of aliphatic carboxylic acids is 1. The van der Waals surface area contributed by atoms with Gasteiger partial charge in [-0.15, -0.1) is 11.3 Å². The van der Waals surface area contributed by atoms with Gasteiger partial charge in [0.05, 0.1) is 5.75 Å². The van der Waals surface area contributed by atoms with Gasteiger partial charge in [0.1, 0.15) is 15.7 Å². The molecule has 0 fully saturated rings. The Morgan fingerprint density at radius 2 is 2.26 bits per heavy atom. The Balaban J connectivity index is 2.12. The molecule has 1 aliphatic rings. The van der Waals surface area contributed by atoms with Gasteiger partial charge in [-0.05, 0) is 24.8 Å². The smallest absolute Gasteiger partial charge is 0.313 e. The van der Waals surface area contributed by atoms with E-state index in [1.165, 1.54) is 28.6 Å². The number of hydrogen-bond donors (Lipinski definition) is 1. The number of rotatable bonds is 4. The molecule has 0 bridgehead atoms. The molecule has 0 spiro atoms. The van der Waals surface area contributed by atoms with Crippen LogP contribution in [0.5, 0.6) is 0 Å². The van der Waals surface area contributed by atoms with Crippen LogP contribution in [-0.2, 0) is 24.1 Å². The molecular weight excluding hydrogens is 280 g/mol. The normalized spacial score (nSPS) is 13.9. The van der Waals surface area contributed by atoms with E-state index < -0.39 is 5.97 Å². The molecule has 2 aromatic heterocycles. The fourth-order valence-corrected chi connectivity index (χ4v) is 4.54. The van der Waals surface area contributed by atoms with Gasteiger partial charge in [-0.2, -0.15) is 0 Å². The van der Waals surface area contributed by atoms with Crippen LogP contribution in [0.3, 0.4) is 0 Å². The molecule has 0 saturated carbocycles. The van der Waals surface area contributed by atoms with Crippen LogP contribution in [-0.4, -0.2) is 26.8 Å². The molecule has 2 aromatic rings. The Labute approximate surface area is 119 Å². The van der Waals surface area contributed by atoms with Crippen molar-refractivity contribution in [2.24, 2.45) is 0 Å². The van der Waals surface area contributed by atoms with Gasteiger partial charge in [-0.1, -0.05) is 18.7 Å². The Bertz CT molecular complexity index is 652. The number of thiophene rings is 1. The molecule has 100 valence electrons. The van der Waals surface area contributed by atoms with Gasteiger partial charge in [0.15, 0.2) is 0 Å². The number of nitrogens with zero attached hydrogens (tertiary/aromatic N) is 2. The molecule has 0 radical (unpaired) electrons. The number of carbonyl (C=O) groups is 1. The van der Waals surface area contributed by atoms with Gasteiger partial charge in [0.2, 0.25) is 0 Å². The van der Waals surface area contributed by atoms with Gasteiger partial charge in [0, 0.05) is 16.7 Å². The van der Waals surface area contributed by atoms with Crippen molar-refractivity contribution in [2.45, 2.75) is 37.6 Å². The van der Waals surface area contributed by atoms with Crippen molar-refractivity contribution in [2.75, 3.05) is 5.75 Å². The van der Waals surface area contributed by atoms with Crippen molar-refractivity contribution < 1.29 is 9.90 Å². The molecule has 6 heteroatoms. The molecule has 0 saturated heterocycles. The number of carboxylic acid groups (broad SMARTS) is 1. The van der Waals surface area contributed by atoms with Crippen molar-refractivity contribution in [3.05, 3.63) is 16.3 Å². The zero-order valence-electron chi connectivity index (χ0n) is 10.6. The summed E-state index contributed by atoms with van der Waals surface area (Å²) in [6, 6.07) is 0. The fraction of sp³-hybridized carbons (Fsp3) is 0.462. The molecular formula is C13H14N2O2S2. The minimum Gasteiger partial charge on any atom is -0.481 e. The fourth-order valence-electron chi connectivity index (χ4n) is 2.40. The van der Waals surface area contributed by atoms with Crippen LogP contribution < -0.4 is 0 Å². The lowest BCUT2D eigenvalue weighted by molar-refractivity contribution is -0.133. The second-order valence-corrected chi connectivity index (χ2v) is 6.57. The van der Waals surface area contributed by atoms with E-state index in [-0.39, 0.29) is 5.75 Å². The minimum absolute atomic E-state index is 0.0554. The van der Waals surface area contributed by atoms with Crippen LogP contribution in [0.4, 0.5) is 0 Å². The van der Waals surface area contributed by atoms with E-state index in [9.17, 15) is 4.79 Å². The highest BCUT2D eigenvalue weighted by Gasteiger charge is 2.22. The first-order chi connectivity index (χ1) is 9.19. The molecule has 19 heavy (non-hydrogen) atoms. The zero-order chi connectivity index (χ0) is 13.4. The summed E-state index contributed by atoms with van der Waals surface area (Å²) in [6.45, 7) is 2.02. The van der Waals surface area contributed by atoms with Crippen molar-refractivity contribution in [1.29, 1.82) is 0 Å². The zero-order valence-corrected chi connectivity index (χ0v) is 12.2. The lowest BCUT2D eigenvalue weighted by Crippen LogP contribution is -2.01. The molecule has 0 aromatic carbocycles. The van der Waals surface area contributed by atoms with Crippen molar-refractivity contribution in [3.63, 3.8) is 0 Å². The molecule has 2 heterocycles. The Morgan fingerprint density at radius 1 is 1.42 bits per heavy atom. The topological polar surface area (TPSA) is 63.1 Å². The second kappa shape index (κ2) is 5.09. The summed E-state index contributed by atoms with van der Waals surface area (Å²) in [5, 5.41) is 10.8. The highest BCUT2D eigenvalue weighted by atomic mass is 32.2. The first-order valence-corrected chi connectivity index (χ1v) is 8.15. The third kappa shape index (κ3) is 2.34. The number of aromatic nitrogens is 2. The molecule has 1 N–H and O–H groups in total. The largest absolute Gasteiger partial charge is 0.481 e. The van der Waals surface area contributed by atoms with Gasteiger partial charge in [-0.3, -0.25) is 4.79 Å². The van der Waals surface area contributed by atoms with E-state index in [2.05, 4.69) is 9.97 Å². The van der Waals surface area contributed by atoms with Crippen LogP contribution in [0.2, 0.25) is 0 Å². The van der Waals surface area contributed by atoms with Crippen LogP contribution >= 0.6 is 23.1 Å². The quantitative estimate of drug-likeness (QED) is 0.694. The molecule has 4 nitrogen and oxygen atoms in total. The van der Waals surface area contributed by atoms with Crippen LogP contribution in [0.15, 0.2) is 5.03 Å². The summed E-state index contributed by atoms with van der Waals surface area (Å²) in [5.41, 5.74) is 1.36. The number of hydrogen-bond acceptors (Lipinski definition) is 5. The average molecular weight is 294 g/mol. The number of fused-ring (bicyclic) bond motifs is 3. The Kier molecular flexibility index (Phi) is 3.45. The summed E-state index contributed by atoms with van der Waals surface area (Å²) in [4.78, 5) is 22.3. The second-order valence-electron chi connectivity index (χ2n) is 4.52. The molecule has 0 unspecified atom stereocenters. The van der Waals surface area contributed by atoms with E-state index in [1.807, 2.05) is 6.92 Å². The number of carboxylic acids is 1. The maximum absolute atomic E-state index is 10.8. The van der Waals surface area contributed by atoms with E-state index in [0.29, 0.717) is 0 Å². The molecule has 0 amide bonds. The molecule has 0 aliphatic heterocycles. The van der Waals surface area contributed by atoms with Crippen LogP contribution in [0.1, 0.15) is 29.6 Å². The molecule has 0 atom stereocenters. The lowest BCUT2D eigenvalue weighted by Gasteiger charge is -2.05. The van der Waals surface area contributed by atoms with Crippen LogP contribution in [0, 0.1) is 0 Å². The van der Waals surface area contributed by atoms with Crippen molar-refractivity contribution in [1.82, 2.24) is 9.97 Å². The summed E-state index contributed by atoms with van der Waals surface area (Å²) in [7, 11) is 0. The maximum atomic E-state index is 10.8. The molecule has 3 rings (SSSR count). The first-order valence-electron chi connectivity index (χ1n) is 6.34. The minimum atomic E-state index is -0.804. The van der Waals surface area contributed by atoms with Crippen LogP contribution in [0.25, 0.3) is 10.2 Å². The standard InChI is InChI=1S/C13H14N2O2S2/c1-2-9-14-12(18-6-10(16)17)11-7-4-3-5-8(7)19-13(11)15-9/h2-6H2,1H3,(H,16,17). The van der Waals surface area contributed by atoms with E-state index in [4.69, 9.17) is 5.11 Å². The SMILES string of the molecule is CCc1nc(SCC(=O)O)c2c3c(sc2n1)CCC3. The van der Waals surface area contributed by atoms with Gasteiger partial charge < -0.3 is 5.11 Å². The summed E-state index contributed by atoms with van der Waals surface area (Å²) in [5.74, 6) is 0.0573. The highest BCUT2D eigenvalue weighted by molar-refractivity contribution is 8.00. The maximum Gasteiger partial charge on any atom is 0.313 e. The monoisotopic (exact) mass is 294 g/mol. The number of aryl methyl sites for hydroxylation is 3.